The Morgan fingerprint density at radius 1 is 1.45 bits per heavy atom. The van der Waals surface area contributed by atoms with E-state index in [-0.39, 0.29) is 24.4 Å². The Bertz CT molecular complexity index is 709. The first kappa shape index (κ1) is 12.3. The van der Waals surface area contributed by atoms with E-state index < -0.39 is 5.97 Å². The highest BCUT2D eigenvalue weighted by atomic mass is 16.4. The number of carbonyl (C=O) groups excluding carboxylic acids is 1. The number of fused-ring (bicyclic) bond motifs is 1. The highest BCUT2D eigenvalue weighted by molar-refractivity contribution is 6.02. The van der Waals surface area contributed by atoms with Gasteiger partial charge in [-0.15, -0.1) is 10.2 Å². The third kappa shape index (κ3) is 2.00. The summed E-state index contributed by atoms with van der Waals surface area (Å²) in [5.41, 5.74) is 1.56. The van der Waals surface area contributed by atoms with Crippen LogP contribution in [0.2, 0.25) is 0 Å². The lowest BCUT2D eigenvalue weighted by atomic mass is 10.1. The van der Waals surface area contributed by atoms with Crippen LogP contribution in [0.4, 0.5) is 5.69 Å². The van der Waals surface area contributed by atoms with Crippen LogP contribution in [-0.2, 0) is 24.8 Å². The highest BCUT2D eigenvalue weighted by Crippen LogP contribution is 2.30. The number of carbonyl (C=O) groups is 2. The van der Waals surface area contributed by atoms with Gasteiger partial charge in [0.15, 0.2) is 5.82 Å². The molecule has 0 fully saturated rings. The molecule has 1 aromatic heterocycles. The Balaban J connectivity index is 1.95. The van der Waals surface area contributed by atoms with Gasteiger partial charge in [-0.3, -0.25) is 4.79 Å². The van der Waals surface area contributed by atoms with Crippen molar-refractivity contribution in [1.82, 2.24) is 20.2 Å². The second kappa shape index (κ2) is 4.41. The van der Waals surface area contributed by atoms with E-state index in [4.69, 9.17) is 5.11 Å². The van der Waals surface area contributed by atoms with Crippen molar-refractivity contribution in [2.75, 3.05) is 4.90 Å². The SMILES string of the molecule is Cn1nnc(CN2C(=O)Cc3ccc(C(=O)O)cc32)n1. The van der Waals surface area contributed by atoms with Crippen LogP contribution in [0.1, 0.15) is 21.7 Å². The number of hydrogen-bond acceptors (Lipinski definition) is 5. The van der Waals surface area contributed by atoms with Crippen LogP contribution in [0.5, 0.6) is 0 Å². The van der Waals surface area contributed by atoms with E-state index in [0.717, 1.165) is 5.56 Å². The van der Waals surface area contributed by atoms with E-state index in [1.165, 1.54) is 21.8 Å². The van der Waals surface area contributed by atoms with E-state index >= 15 is 0 Å². The quantitative estimate of drug-likeness (QED) is 0.844. The molecule has 2 aromatic rings. The normalized spacial score (nSPS) is 13.7. The predicted molar refractivity (Wildman–Crippen MR) is 67.1 cm³/mol. The molecular formula is C12H11N5O3. The van der Waals surface area contributed by atoms with E-state index in [2.05, 4.69) is 15.4 Å². The number of rotatable bonds is 3. The summed E-state index contributed by atoms with van der Waals surface area (Å²) in [5.74, 6) is -0.714. The number of aromatic carboxylic acids is 1. The summed E-state index contributed by atoms with van der Waals surface area (Å²) >= 11 is 0. The van der Waals surface area contributed by atoms with Crippen molar-refractivity contribution >= 4 is 17.6 Å². The molecule has 0 saturated heterocycles. The van der Waals surface area contributed by atoms with Gasteiger partial charge in [0.05, 0.1) is 25.6 Å². The fourth-order valence-electron chi connectivity index (χ4n) is 2.19. The van der Waals surface area contributed by atoms with Gasteiger partial charge in [0.25, 0.3) is 0 Å². The van der Waals surface area contributed by atoms with E-state index in [1.807, 2.05) is 0 Å². The minimum Gasteiger partial charge on any atom is -0.478 e. The molecule has 0 radical (unpaired) electrons. The summed E-state index contributed by atoms with van der Waals surface area (Å²) in [6, 6.07) is 4.66. The van der Waals surface area contributed by atoms with Crippen LogP contribution in [0.25, 0.3) is 0 Å². The molecule has 0 bridgehead atoms. The molecule has 8 heteroatoms. The molecule has 102 valence electrons. The minimum absolute atomic E-state index is 0.102. The van der Waals surface area contributed by atoms with Gasteiger partial charge >= 0.3 is 5.97 Å². The van der Waals surface area contributed by atoms with Gasteiger partial charge < -0.3 is 10.0 Å². The monoisotopic (exact) mass is 273 g/mol. The highest BCUT2D eigenvalue weighted by Gasteiger charge is 2.29. The van der Waals surface area contributed by atoms with E-state index in [9.17, 15) is 9.59 Å². The van der Waals surface area contributed by atoms with E-state index in [1.54, 1.807) is 13.1 Å². The fraction of sp³-hybridized carbons (Fsp3) is 0.250. The zero-order chi connectivity index (χ0) is 14.3. The van der Waals surface area contributed by atoms with Crippen molar-refractivity contribution < 1.29 is 14.7 Å². The summed E-state index contributed by atoms with van der Waals surface area (Å²) in [6.07, 6.45) is 0.259. The maximum Gasteiger partial charge on any atom is 0.335 e. The van der Waals surface area contributed by atoms with Crippen LogP contribution < -0.4 is 4.90 Å². The number of aromatic nitrogens is 4. The topological polar surface area (TPSA) is 101 Å². The minimum atomic E-state index is -1.02. The molecule has 1 N–H and O–H groups in total. The number of aryl methyl sites for hydroxylation is 1. The lowest BCUT2D eigenvalue weighted by Gasteiger charge is -2.15. The first-order chi connectivity index (χ1) is 9.54. The zero-order valence-corrected chi connectivity index (χ0v) is 10.6. The number of nitrogens with zero attached hydrogens (tertiary/aromatic N) is 5. The molecule has 1 aliphatic heterocycles. The average Bonchev–Trinajstić information content (AvgIpc) is 2.94. The molecule has 1 amide bonds. The Hall–Kier alpha value is -2.77. The third-order valence-electron chi connectivity index (χ3n) is 3.12. The molecule has 8 nitrogen and oxygen atoms in total. The third-order valence-corrected chi connectivity index (χ3v) is 3.12. The first-order valence-corrected chi connectivity index (χ1v) is 5.94. The number of amides is 1. The largest absolute Gasteiger partial charge is 0.478 e. The fourth-order valence-corrected chi connectivity index (χ4v) is 2.19. The van der Waals surface area contributed by atoms with Crippen LogP contribution in [0, 0.1) is 0 Å². The predicted octanol–water partition coefficient (Wildman–Crippen LogP) is -0.00240. The molecule has 0 aliphatic carbocycles. The number of tetrazole rings is 1. The molecular weight excluding hydrogens is 262 g/mol. The van der Waals surface area contributed by atoms with Gasteiger partial charge in [-0.25, -0.2) is 4.79 Å². The summed E-state index contributed by atoms with van der Waals surface area (Å²) in [7, 11) is 1.64. The molecule has 20 heavy (non-hydrogen) atoms. The number of carboxylic acids is 1. The van der Waals surface area contributed by atoms with Gasteiger partial charge in [-0.1, -0.05) is 6.07 Å². The van der Waals surface area contributed by atoms with Gasteiger partial charge in [0, 0.05) is 5.69 Å². The standard InChI is InChI=1S/C12H11N5O3/c1-16-14-10(13-15-16)6-17-9-4-8(12(19)20)3-2-7(9)5-11(17)18/h2-4H,5-6H2,1H3,(H,19,20). The van der Waals surface area contributed by atoms with Crippen molar-refractivity contribution in [3.8, 4) is 0 Å². The zero-order valence-electron chi connectivity index (χ0n) is 10.6. The van der Waals surface area contributed by atoms with Gasteiger partial charge in [0.1, 0.15) is 0 Å². The molecule has 3 rings (SSSR count). The first-order valence-electron chi connectivity index (χ1n) is 5.94. The molecule has 1 aromatic carbocycles. The summed E-state index contributed by atoms with van der Waals surface area (Å²) in [5, 5.41) is 20.6. The van der Waals surface area contributed by atoms with Gasteiger partial charge in [-0.05, 0) is 22.9 Å². The summed E-state index contributed by atoms with van der Waals surface area (Å²) in [4.78, 5) is 25.8. The Morgan fingerprint density at radius 3 is 2.90 bits per heavy atom. The maximum absolute atomic E-state index is 12.0. The maximum atomic E-state index is 12.0. The number of benzene rings is 1. The molecule has 0 spiro atoms. The Labute approximate surface area is 113 Å². The van der Waals surface area contributed by atoms with E-state index in [0.29, 0.717) is 11.5 Å². The summed E-state index contributed by atoms with van der Waals surface area (Å²) in [6.45, 7) is 0.183. The Morgan fingerprint density at radius 2 is 2.25 bits per heavy atom. The summed E-state index contributed by atoms with van der Waals surface area (Å²) < 4.78 is 0. The average molecular weight is 273 g/mol. The van der Waals surface area contributed by atoms with Crippen molar-refractivity contribution in [2.24, 2.45) is 7.05 Å². The molecule has 1 aliphatic rings. The number of carboxylic acid groups (broad SMARTS) is 1. The second-order valence-corrected chi connectivity index (χ2v) is 4.50. The lowest BCUT2D eigenvalue weighted by molar-refractivity contribution is -0.117. The smallest absolute Gasteiger partial charge is 0.335 e. The van der Waals surface area contributed by atoms with Crippen LogP contribution in [0.3, 0.4) is 0 Å². The van der Waals surface area contributed by atoms with Crippen molar-refractivity contribution in [3.63, 3.8) is 0 Å². The van der Waals surface area contributed by atoms with Crippen LogP contribution >= 0.6 is 0 Å². The van der Waals surface area contributed by atoms with Crippen LogP contribution in [-0.4, -0.2) is 37.2 Å². The van der Waals surface area contributed by atoms with Crippen molar-refractivity contribution in [3.05, 3.63) is 35.2 Å². The molecule has 0 saturated carbocycles. The lowest BCUT2D eigenvalue weighted by Crippen LogP contribution is -2.26. The van der Waals surface area contributed by atoms with Gasteiger partial charge in [-0.2, -0.15) is 4.80 Å². The van der Waals surface area contributed by atoms with Crippen LogP contribution in [0.15, 0.2) is 18.2 Å². The molecule has 0 unspecified atom stereocenters. The Kier molecular flexibility index (Phi) is 2.70. The molecule has 2 heterocycles. The number of hydrogen-bond donors (Lipinski definition) is 1. The van der Waals surface area contributed by atoms with Crippen molar-refractivity contribution in [2.45, 2.75) is 13.0 Å². The van der Waals surface area contributed by atoms with Gasteiger partial charge in [0.2, 0.25) is 5.91 Å². The van der Waals surface area contributed by atoms with Crippen molar-refractivity contribution in [1.29, 1.82) is 0 Å². The molecule has 0 atom stereocenters. The second-order valence-electron chi connectivity index (χ2n) is 4.50. The number of anilines is 1.